The van der Waals surface area contributed by atoms with Crippen LogP contribution in [0.25, 0.3) is 0 Å². The van der Waals surface area contributed by atoms with E-state index >= 15 is 0 Å². The van der Waals surface area contributed by atoms with Crippen LogP contribution in [-0.2, 0) is 11.8 Å². The molecule has 0 aliphatic carbocycles. The van der Waals surface area contributed by atoms with E-state index in [1.165, 1.54) is 0 Å². The molecule has 0 unspecified atom stereocenters. The summed E-state index contributed by atoms with van der Waals surface area (Å²) in [5, 5.41) is 12.2. The minimum Gasteiger partial charge on any atom is -0.478 e. The molecule has 19 heavy (non-hydrogen) atoms. The van der Waals surface area contributed by atoms with Gasteiger partial charge in [-0.2, -0.15) is 0 Å². The highest BCUT2D eigenvalue weighted by molar-refractivity contribution is 7.09. The summed E-state index contributed by atoms with van der Waals surface area (Å²) in [5.41, 5.74) is 2.25. The van der Waals surface area contributed by atoms with Crippen LogP contribution in [0.2, 0.25) is 0 Å². The van der Waals surface area contributed by atoms with Crippen LogP contribution in [0.1, 0.15) is 47.4 Å². The molecule has 3 nitrogen and oxygen atoms in total. The molecule has 0 aliphatic rings. The molecule has 2 aromatic rings. The van der Waals surface area contributed by atoms with E-state index in [1.807, 2.05) is 12.1 Å². The number of hydrogen-bond acceptors (Lipinski definition) is 3. The lowest BCUT2D eigenvalue weighted by molar-refractivity contribution is 0.0696. The number of aromatic nitrogens is 1. The van der Waals surface area contributed by atoms with Crippen molar-refractivity contribution in [3.8, 4) is 0 Å². The molecule has 0 fully saturated rings. The Balaban J connectivity index is 2.27. The summed E-state index contributed by atoms with van der Waals surface area (Å²) in [5.74, 6) is -0.886. The van der Waals surface area contributed by atoms with E-state index in [0.29, 0.717) is 12.0 Å². The van der Waals surface area contributed by atoms with Crippen molar-refractivity contribution in [3.63, 3.8) is 0 Å². The highest BCUT2D eigenvalue weighted by Gasteiger charge is 2.18. The average molecular weight is 275 g/mol. The van der Waals surface area contributed by atoms with Crippen molar-refractivity contribution >= 4 is 17.3 Å². The Bertz CT molecular complexity index is 596. The Morgan fingerprint density at radius 1 is 1.32 bits per heavy atom. The van der Waals surface area contributed by atoms with Crippen molar-refractivity contribution in [3.05, 3.63) is 51.5 Å². The van der Waals surface area contributed by atoms with Gasteiger partial charge in [-0.1, -0.05) is 39.0 Å². The van der Waals surface area contributed by atoms with Crippen molar-refractivity contribution in [2.75, 3.05) is 0 Å². The van der Waals surface area contributed by atoms with Crippen LogP contribution in [0.15, 0.2) is 29.6 Å². The first kappa shape index (κ1) is 13.7. The minimum absolute atomic E-state index is 0.0288. The SMILES string of the molecule is CC(C)(C)c1csc(Cc2ccccc2C(=O)O)n1. The summed E-state index contributed by atoms with van der Waals surface area (Å²) in [6, 6.07) is 7.09. The molecule has 1 N–H and O–H groups in total. The van der Waals surface area contributed by atoms with Gasteiger partial charge in [-0.3, -0.25) is 0 Å². The van der Waals surface area contributed by atoms with E-state index < -0.39 is 5.97 Å². The molecule has 0 saturated heterocycles. The van der Waals surface area contributed by atoms with Crippen LogP contribution in [0.4, 0.5) is 0 Å². The lowest BCUT2D eigenvalue weighted by Crippen LogP contribution is -2.11. The summed E-state index contributed by atoms with van der Waals surface area (Å²) in [6.45, 7) is 6.37. The fourth-order valence-electron chi connectivity index (χ4n) is 1.78. The van der Waals surface area contributed by atoms with Gasteiger partial charge in [0.2, 0.25) is 0 Å². The molecule has 0 aliphatic heterocycles. The van der Waals surface area contributed by atoms with Crippen LogP contribution >= 0.6 is 11.3 Å². The smallest absolute Gasteiger partial charge is 0.335 e. The first-order valence-electron chi connectivity index (χ1n) is 6.14. The zero-order valence-corrected chi connectivity index (χ0v) is 12.1. The fraction of sp³-hybridized carbons (Fsp3) is 0.333. The monoisotopic (exact) mass is 275 g/mol. The van der Waals surface area contributed by atoms with Gasteiger partial charge in [-0.25, -0.2) is 9.78 Å². The third kappa shape index (κ3) is 3.20. The van der Waals surface area contributed by atoms with E-state index in [2.05, 4.69) is 31.1 Å². The summed E-state index contributed by atoms with van der Waals surface area (Å²) in [4.78, 5) is 15.8. The van der Waals surface area contributed by atoms with Gasteiger partial charge in [0.15, 0.2) is 0 Å². The summed E-state index contributed by atoms with van der Waals surface area (Å²) < 4.78 is 0. The zero-order valence-electron chi connectivity index (χ0n) is 11.3. The predicted octanol–water partition coefficient (Wildman–Crippen LogP) is 3.73. The van der Waals surface area contributed by atoms with Crippen molar-refractivity contribution in [2.24, 2.45) is 0 Å². The van der Waals surface area contributed by atoms with Crippen LogP contribution in [0.5, 0.6) is 0 Å². The third-order valence-corrected chi connectivity index (χ3v) is 3.76. The van der Waals surface area contributed by atoms with Gasteiger partial charge in [-0.15, -0.1) is 11.3 Å². The maximum atomic E-state index is 11.2. The van der Waals surface area contributed by atoms with Gasteiger partial charge in [0.1, 0.15) is 0 Å². The maximum Gasteiger partial charge on any atom is 0.335 e. The normalized spacial score (nSPS) is 11.5. The zero-order chi connectivity index (χ0) is 14.0. The highest BCUT2D eigenvalue weighted by atomic mass is 32.1. The van der Waals surface area contributed by atoms with E-state index in [9.17, 15) is 4.79 Å². The molecule has 1 heterocycles. The standard InChI is InChI=1S/C15H17NO2S/c1-15(2,3)12-9-19-13(16-12)8-10-6-4-5-7-11(10)14(17)18/h4-7,9H,8H2,1-3H3,(H,17,18). The van der Waals surface area contributed by atoms with Gasteiger partial charge in [0.05, 0.1) is 16.3 Å². The molecule has 0 atom stereocenters. The van der Waals surface area contributed by atoms with E-state index in [0.717, 1.165) is 16.3 Å². The molecule has 0 radical (unpaired) electrons. The van der Waals surface area contributed by atoms with Gasteiger partial charge in [0, 0.05) is 17.2 Å². The number of hydrogen-bond donors (Lipinski definition) is 1. The molecule has 0 bridgehead atoms. The van der Waals surface area contributed by atoms with Crippen molar-refractivity contribution in [1.29, 1.82) is 0 Å². The number of aromatic carboxylic acids is 1. The van der Waals surface area contributed by atoms with E-state index in [1.54, 1.807) is 23.5 Å². The molecule has 0 spiro atoms. The number of rotatable bonds is 3. The first-order valence-corrected chi connectivity index (χ1v) is 7.02. The molecule has 1 aromatic heterocycles. The Morgan fingerprint density at radius 2 is 2.00 bits per heavy atom. The predicted molar refractivity (Wildman–Crippen MR) is 77.0 cm³/mol. The number of carbonyl (C=O) groups is 1. The first-order chi connectivity index (χ1) is 8.88. The molecular formula is C15H17NO2S. The highest BCUT2D eigenvalue weighted by Crippen LogP contribution is 2.25. The van der Waals surface area contributed by atoms with Crippen molar-refractivity contribution in [2.45, 2.75) is 32.6 Å². The molecule has 2 rings (SSSR count). The summed E-state index contributed by atoms with van der Waals surface area (Å²) in [7, 11) is 0. The fourth-order valence-corrected chi connectivity index (χ4v) is 2.83. The van der Waals surface area contributed by atoms with Crippen LogP contribution in [0, 0.1) is 0 Å². The second-order valence-corrected chi connectivity index (χ2v) is 6.46. The van der Waals surface area contributed by atoms with E-state index in [4.69, 9.17) is 5.11 Å². The van der Waals surface area contributed by atoms with Gasteiger partial charge in [-0.05, 0) is 11.6 Å². The van der Waals surface area contributed by atoms with Crippen LogP contribution < -0.4 is 0 Å². The Labute approximate surface area is 116 Å². The molecule has 1 aromatic carbocycles. The summed E-state index contributed by atoms with van der Waals surface area (Å²) >= 11 is 1.59. The van der Waals surface area contributed by atoms with E-state index in [-0.39, 0.29) is 5.41 Å². The van der Waals surface area contributed by atoms with Crippen LogP contribution in [0.3, 0.4) is 0 Å². The molecular weight excluding hydrogens is 258 g/mol. The van der Waals surface area contributed by atoms with Crippen molar-refractivity contribution in [1.82, 2.24) is 4.98 Å². The largest absolute Gasteiger partial charge is 0.478 e. The molecule has 0 saturated carbocycles. The summed E-state index contributed by atoms with van der Waals surface area (Å²) in [6.07, 6.45) is 0.573. The molecule has 100 valence electrons. The molecule has 0 amide bonds. The lowest BCUT2D eigenvalue weighted by Gasteiger charge is -2.14. The number of carboxylic acids is 1. The Kier molecular flexibility index (Phi) is 3.71. The molecule has 4 heteroatoms. The number of benzene rings is 1. The lowest BCUT2D eigenvalue weighted by atomic mass is 9.93. The maximum absolute atomic E-state index is 11.2. The van der Waals surface area contributed by atoms with Gasteiger partial charge in [0.25, 0.3) is 0 Å². The van der Waals surface area contributed by atoms with Crippen LogP contribution in [-0.4, -0.2) is 16.1 Å². The Hall–Kier alpha value is -1.68. The van der Waals surface area contributed by atoms with Gasteiger partial charge >= 0.3 is 5.97 Å². The second-order valence-electron chi connectivity index (χ2n) is 5.52. The average Bonchev–Trinajstić information content (AvgIpc) is 2.77. The number of nitrogens with zero attached hydrogens (tertiary/aromatic N) is 1. The topological polar surface area (TPSA) is 50.2 Å². The Morgan fingerprint density at radius 3 is 2.58 bits per heavy atom. The number of thiazole rings is 1. The minimum atomic E-state index is -0.886. The quantitative estimate of drug-likeness (QED) is 0.928. The second kappa shape index (κ2) is 5.13. The third-order valence-electron chi connectivity index (χ3n) is 2.91. The van der Waals surface area contributed by atoms with Gasteiger partial charge < -0.3 is 5.11 Å². The number of carboxylic acid groups (broad SMARTS) is 1. The van der Waals surface area contributed by atoms with Crippen molar-refractivity contribution < 1.29 is 9.90 Å².